The standard InChI is InChI=1S/C17H17ClN4O2/c1-3-4-9-22-16(23)14(10-19)11(2)15(17(22)24)21-20-13-7-5-12(18)6-8-13/h5-8,24H,3-4,9H2,1-2H3/b21-20+. The second-order valence-electron chi connectivity index (χ2n) is 5.27. The van der Waals surface area contributed by atoms with Crippen LogP contribution in [0.1, 0.15) is 30.9 Å². The van der Waals surface area contributed by atoms with Crippen molar-refractivity contribution in [2.75, 3.05) is 0 Å². The third-order valence-corrected chi connectivity index (χ3v) is 3.85. The molecule has 2 aromatic rings. The van der Waals surface area contributed by atoms with Gasteiger partial charge in [0.2, 0.25) is 5.88 Å². The Labute approximate surface area is 144 Å². The molecule has 0 saturated heterocycles. The number of nitrogens with zero attached hydrogens (tertiary/aromatic N) is 4. The number of hydrogen-bond acceptors (Lipinski definition) is 5. The lowest BCUT2D eigenvalue weighted by Crippen LogP contribution is -2.23. The molecule has 0 saturated carbocycles. The summed E-state index contributed by atoms with van der Waals surface area (Å²) >= 11 is 5.82. The summed E-state index contributed by atoms with van der Waals surface area (Å²) in [5.41, 5.74) is 0.436. The molecule has 124 valence electrons. The van der Waals surface area contributed by atoms with Crippen LogP contribution in [0.5, 0.6) is 5.88 Å². The van der Waals surface area contributed by atoms with E-state index in [1.54, 1.807) is 31.2 Å². The van der Waals surface area contributed by atoms with Gasteiger partial charge in [0, 0.05) is 17.1 Å². The van der Waals surface area contributed by atoms with Crippen LogP contribution in [0, 0.1) is 18.3 Å². The van der Waals surface area contributed by atoms with Gasteiger partial charge in [-0.3, -0.25) is 9.36 Å². The molecule has 0 aliphatic carbocycles. The van der Waals surface area contributed by atoms with E-state index in [1.807, 2.05) is 13.0 Å². The number of nitriles is 1. The zero-order chi connectivity index (χ0) is 17.7. The Hall–Kier alpha value is -2.65. The van der Waals surface area contributed by atoms with E-state index < -0.39 is 5.56 Å². The predicted molar refractivity (Wildman–Crippen MR) is 92.4 cm³/mol. The van der Waals surface area contributed by atoms with Crippen molar-refractivity contribution >= 4 is 23.0 Å². The van der Waals surface area contributed by atoms with Crippen molar-refractivity contribution in [2.24, 2.45) is 10.2 Å². The lowest BCUT2D eigenvalue weighted by atomic mass is 10.1. The number of halogens is 1. The first-order valence-corrected chi connectivity index (χ1v) is 7.91. The van der Waals surface area contributed by atoms with Crippen LogP contribution in [0.4, 0.5) is 11.4 Å². The van der Waals surface area contributed by atoms with Crippen molar-refractivity contribution in [3.8, 4) is 11.9 Å². The molecule has 2 rings (SSSR count). The molecule has 0 unspecified atom stereocenters. The number of aromatic hydroxyl groups is 1. The van der Waals surface area contributed by atoms with Gasteiger partial charge in [0.1, 0.15) is 11.6 Å². The molecule has 7 heteroatoms. The topological polar surface area (TPSA) is 90.7 Å². The Balaban J connectivity index is 2.54. The van der Waals surface area contributed by atoms with E-state index in [-0.39, 0.29) is 17.1 Å². The summed E-state index contributed by atoms with van der Waals surface area (Å²) in [6.45, 7) is 3.86. The highest BCUT2D eigenvalue weighted by Crippen LogP contribution is 2.32. The number of rotatable bonds is 5. The number of unbranched alkanes of at least 4 members (excludes halogenated alkanes) is 1. The fraction of sp³-hybridized carbons (Fsp3) is 0.294. The van der Waals surface area contributed by atoms with Gasteiger partial charge in [-0.1, -0.05) is 24.9 Å². The smallest absolute Gasteiger partial charge is 0.271 e. The van der Waals surface area contributed by atoms with Gasteiger partial charge in [-0.05, 0) is 37.6 Å². The van der Waals surface area contributed by atoms with Crippen molar-refractivity contribution in [1.82, 2.24) is 4.57 Å². The fourth-order valence-electron chi connectivity index (χ4n) is 2.20. The molecule has 0 aliphatic rings. The van der Waals surface area contributed by atoms with Crippen LogP contribution in [0.2, 0.25) is 5.02 Å². The van der Waals surface area contributed by atoms with Crippen molar-refractivity contribution in [3.05, 3.63) is 50.8 Å². The first-order valence-electron chi connectivity index (χ1n) is 7.53. The van der Waals surface area contributed by atoms with E-state index in [2.05, 4.69) is 10.2 Å². The average Bonchev–Trinajstić information content (AvgIpc) is 2.57. The van der Waals surface area contributed by atoms with Crippen LogP contribution in [0.3, 0.4) is 0 Å². The summed E-state index contributed by atoms with van der Waals surface area (Å²) in [6.07, 6.45) is 1.55. The lowest BCUT2D eigenvalue weighted by molar-refractivity contribution is 0.402. The predicted octanol–water partition coefficient (Wildman–Crippen LogP) is 4.60. The Morgan fingerprint density at radius 1 is 1.29 bits per heavy atom. The highest BCUT2D eigenvalue weighted by molar-refractivity contribution is 6.30. The monoisotopic (exact) mass is 344 g/mol. The quantitative estimate of drug-likeness (QED) is 0.803. The van der Waals surface area contributed by atoms with Gasteiger partial charge in [0.05, 0.1) is 5.69 Å². The highest BCUT2D eigenvalue weighted by Gasteiger charge is 2.18. The third-order valence-electron chi connectivity index (χ3n) is 3.60. The SMILES string of the molecule is CCCCn1c(O)c(/N=N/c2ccc(Cl)cc2)c(C)c(C#N)c1=O. The molecule has 1 N–H and O–H groups in total. The summed E-state index contributed by atoms with van der Waals surface area (Å²) in [5, 5.41) is 28.3. The van der Waals surface area contributed by atoms with E-state index in [0.29, 0.717) is 29.2 Å². The van der Waals surface area contributed by atoms with Crippen LogP contribution in [0.25, 0.3) is 0 Å². The largest absolute Gasteiger partial charge is 0.493 e. The zero-order valence-electron chi connectivity index (χ0n) is 13.5. The van der Waals surface area contributed by atoms with Crippen LogP contribution in [-0.2, 0) is 6.54 Å². The van der Waals surface area contributed by atoms with Crippen molar-refractivity contribution in [3.63, 3.8) is 0 Å². The minimum absolute atomic E-state index is 0.0334. The van der Waals surface area contributed by atoms with Crippen LogP contribution >= 0.6 is 11.6 Å². The molecule has 0 aliphatic heterocycles. The molecular weight excluding hydrogens is 328 g/mol. The van der Waals surface area contributed by atoms with Crippen LogP contribution in [0.15, 0.2) is 39.3 Å². The Morgan fingerprint density at radius 3 is 2.54 bits per heavy atom. The van der Waals surface area contributed by atoms with E-state index in [0.717, 1.165) is 6.42 Å². The number of hydrogen-bond donors (Lipinski definition) is 1. The van der Waals surface area contributed by atoms with Crippen molar-refractivity contribution < 1.29 is 5.11 Å². The molecule has 24 heavy (non-hydrogen) atoms. The average molecular weight is 345 g/mol. The van der Waals surface area contributed by atoms with E-state index in [9.17, 15) is 15.2 Å². The molecular formula is C17H17ClN4O2. The van der Waals surface area contributed by atoms with Crippen LogP contribution < -0.4 is 5.56 Å². The maximum Gasteiger partial charge on any atom is 0.271 e. The zero-order valence-corrected chi connectivity index (χ0v) is 14.2. The second-order valence-corrected chi connectivity index (χ2v) is 5.71. The molecule has 0 amide bonds. The lowest BCUT2D eigenvalue weighted by Gasteiger charge is -2.12. The van der Waals surface area contributed by atoms with Crippen molar-refractivity contribution in [1.29, 1.82) is 5.26 Å². The number of pyridine rings is 1. The van der Waals surface area contributed by atoms with E-state index >= 15 is 0 Å². The molecule has 6 nitrogen and oxygen atoms in total. The first-order chi connectivity index (χ1) is 11.5. The number of azo groups is 1. The van der Waals surface area contributed by atoms with Gasteiger partial charge in [0.15, 0.2) is 5.69 Å². The minimum atomic E-state index is -0.508. The van der Waals surface area contributed by atoms with Gasteiger partial charge < -0.3 is 5.11 Å². The van der Waals surface area contributed by atoms with Crippen molar-refractivity contribution in [2.45, 2.75) is 33.2 Å². The number of aromatic nitrogens is 1. The molecule has 1 heterocycles. The highest BCUT2D eigenvalue weighted by atomic mass is 35.5. The molecule has 1 aromatic heterocycles. The summed E-state index contributed by atoms with van der Waals surface area (Å²) in [7, 11) is 0. The normalized spacial score (nSPS) is 10.9. The first kappa shape index (κ1) is 17.7. The Kier molecular flexibility index (Phi) is 5.72. The molecule has 0 radical (unpaired) electrons. The summed E-state index contributed by atoms with van der Waals surface area (Å²) in [6, 6.07) is 8.59. The van der Waals surface area contributed by atoms with Gasteiger partial charge in [-0.2, -0.15) is 10.4 Å². The Morgan fingerprint density at radius 2 is 1.96 bits per heavy atom. The summed E-state index contributed by atoms with van der Waals surface area (Å²) in [4.78, 5) is 12.3. The minimum Gasteiger partial charge on any atom is -0.493 e. The van der Waals surface area contributed by atoms with Gasteiger partial charge >= 0.3 is 0 Å². The summed E-state index contributed by atoms with van der Waals surface area (Å²) < 4.78 is 1.17. The van der Waals surface area contributed by atoms with Gasteiger partial charge in [-0.15, -0.1) is 5.11 Å². The molecule has 0 fully saturated rings. The Bertz CT molecular complexity index is 864. The van der Waals surface area contributed by atoms with Gasteiger partial charge in [0.25, 0.3) is 5.56 Å². The number of benzene rings is 1. The molecule has 0 atom stereocenters. The third kappa shape index (κ3) is 3.63. The maximum atomic E-state index is 12.3. The molecule has 0 spiro atoms. The molecule has 0 bridgehead atoms. The van der Waals surface area contributed by atoms with E-state index in [1.165, 1.54) is 4.57 Å². The fourth-order valence-corrected chi connectivity index (χ4v) is 2.32. The molecule has 1 aromatic carbocycles. The second kappa shape index (κ2) is 7.75. The summed E-state index contributed by atoms with van der Waals surface area (Å²) in [5.74, 6) is -0.275. The van der Waals surface area contributed by atoms with Crippen LogP contribution in [-0.4, -0.2) is 9.67 Å². The maximum absolute atomic E-state index is 12.3. The van der Waals surface area contributed by atoms with E-state index in [4.69, 9.17) is 11.6 Å². The van der Waals surface area contributed by atoms with Gasteiger partial charge in [-0.25, -0.2) is 0 Å².